The summed E-state index contributed by atoms with van der Waals surface area (Å²) in [5.74, 6) is -0.200. The van der Waals surface area contributed by atoms with Gasteiger partial charge in [-0.25, -0.2) is 4.98 Å². The number of anilines is 1. The van der Waals surface area contributed by atoms with Gasteiger partial charge in [0.15, 0.2) is 0 Å². The number of hydrogen-bond acceptors (Lipinski definition) is 2. The Morgan fingerprint density at radius 1 is 1.32 bits per heavy atom. The fourth-order valence-electron chi connectivity index (χ4n) is 1.70. The van der Waals surface area contributed by atoms with Crippen molar-refractivity contribution >= 4 is 39.1 Å². The van der Waals surface area contributed by atoms with Gasteiger partial charge in [0.1, 0.15) is 5.15 Å². The number of carbonyl (C=O) groups excluding carboxylic acids is 1. The van der Waals surface area contributed by atoms with E-state index in [1.165, 1.54) is 0 Å². The molecule has 1 aromatic carbocycles. The summed E-state index contributed by atoms with van der Waals surface area (Å²) in [6, 6.07) is 8.91. The van der Waals surface area contributed by atoms with E-state index < -0.39 is 0 Å². The molecule has 0 aliphatic carbocycles. The molecule has 1 heterocycles. The van der Waals surface area contributed by atoms with Gasteiger partial charge in [0, 0.05) is 21.4 Å². The third-order valence-corrected chi connectivity index (χ3v) is 3.75. The van der Waals surface area contributed by atoms with E-state index >= 15 is 0 Å². The normalized spacial score (nSPS) is 10.3. The van der Waals surface area contributed by atoms with Crippen molar-refractivity contribution in [2.75, 3.05) is 5.32 Å². The molecule has 2 aromatic rings. The lowest BCUT2D eigenvalue weighted by molar-refractivity contribution is 0.102. The van der Waals surface area contributed by atoms with E-state index in [2.05, 4.69) is 26.2 Å². The van der Waals surface area contributed by atoms with Gasteiger partial charge in [-0.2, -0.15) is 0 Å². The van der Waals surface area contributed by atoms with Crippen LogP contribution in [0.2, 0.25) is 5.15 Å². The number of aryl methyl sites for hydroxylation is 1. The van der Waals surface area contributed by atoms with Gasteiger partial charge in [0.25, 0.3) is 5.91 Å². The molecule has 0 fully saturated rings. The van der Waals surface area contributed by atoms with Gasteiger partial charge in [-0.1, -0.05) is 33.6 Å². The molecule has 0 aliphatic rings. The second-order valence-electron chi connectivity index (χ2n) is 4.19. The maximum Gasteiger partial charge on any atom is 0.255 e. The zero-order chi connectivity index (χ0) is 14.0. The zero-order valence-corrected chi connectivity index (χ0v) is 12.8. The van der Waals surface area contributed by atoms with Crippen molar-refractivity contribution in [3.05, 3.63) is 56.8 Å². The lowest BCUT2D eigenvalue weighted by Gasteiger charge is -2.10. The number of pyridine rings is 1. The number of amides is 1. The van der Waals surface area contributed by atoms with Gasteiger partial charge in [0.05, 0.1) is 0 Å². The minimum atomic E-state index is -0.200. The van der Waals surface area contributed by atoms with E-state index in [4.69, 9.17) is 11.6 Å². The van der Waals surface area contributed by atoms with Crippen molar-refractivity contribution in [3.63, 3.8) is 0 Å². The number of hydrogen-bond donors (Lipinski definition) is 1. The highest BCUT2D eigenvalue weighted by Gasteiger charge is 2.10. The van der Waals surface area contributed by atoms with Crippen molar-refractivity contribution in [2.24, 2.45) is 0 Å². The van der Waals surface area contributed by atoms with E-state index in [-0.39, 0.29) is 5.91 Å². The zero-order valence-electron chi connectivity index (χ0n) is 10.5. The van der Waals surface area contributed by atoms with Crippen LogP contribution in [0.4, 0.5) is 5.69 Å². The Morgan fingerprint density at radius 3 is 2.74 bits per heavy atom. The smallest absolute Gasteiger partial charge is 0.255 e. The van der Waals surface area contributed by atoms with E-state index in [0.717, 1.165) is 15.7 Å². The highest BCUT2D eigenvalue weighted by Crippen LogP contribution is 2.24. The number of nitrogens with zero attached hydrogens (tertiary/aromatic N) is 1. The topological polar surface area (TPSA) is 42.0 Å². The molecule has 1 amide bonds. The van der Waals surface area contributed by atoms with Crippen molar-refractivity contribution in [2.45, 2.75) is 13.8 Å². The molecule has 3 nitrogen and oxygen atoms in total. The monoisotopic (exact) mass is 338 g/mol. The average Bonchev–Trinajstić information content (AvgIpc) is 2.33. The maximum atomic E-state index is 12.2. The molecule has 0 bridgehead atoms. The first-order valence-corrected chi connectivity index (χ1v) is 6.85. The van der Waals surface area contributed by atoms with Crippen LogP contribution in [-0.4, -0.2) is 10.9 Å². The molecular formula is C14H12BrClN2O. The van der Waals surface area contributed by atoms with Crippen LogP contribution in [0.25, 0.3) is 0 Å². The van der Waals surface area contributed by atoms with Crippen LogP contribution < -0.4 is 5.32 Å². The Balaban J connectivity index is 2.28. The Kier molecular flexibility index (Phi) is 4.22. The maximum absolute atomic E-state index is 12.2. The van der Waals surface area contributed by atoms with Gasteiger partial charge < -0.3 is 5.32 Å². The molecule has 0 saturated carbocycles. The second kappa shape index (κ2) is 5.72. The van der Waals surface area contributed by atoms with Crippen LogP contribution in [0, 0.1) is 13.8 Å². The fraction of sp³-hybridized carbons (Fsp3) is 0.143. The van der Waals surface area contributed by atoms with Gasteiger partial charge in [-0.3, -0.25) is 4.79 Å². The number of benzene rings is 1. The predicted octanol–water partition coefficient (Wildman–Crippen LogP) is 4.37. The summed E-state index contributed by atoms with van der Waals surface area (Å²) in [4.78, 5) is 16.2. The van der Waals surface area contributed by atoms with Crippen molar-refractivity contribution in [3.8, 4) is 0 Å². The molecule has 1 aromatic heterocycles. The molecule has 2 rings (SSSR count). The number of aromatic nitrogens is 1. The lowest BCUT2D eigenvalue weighted by atomic mass is 10.1. The van der Waals surface area contributed by atoms with Crippen LogP contribution in [0.5, 0.6) is 0 Å². The molecule has 0 spiro atoms. The molecule has 0 saturated heterocycles. The SMILES string of the molecule is Cc1cc(C(=O)Nc2cccc(Br)c2C)cc(Cl)n1. The second-order valence-corrected chi connectivity index (χ2v) is 5.43. The summed E-state index contributed by atoms with van der Waals surface area (Å²) in [6.07, 6.45) is 0. The van der Waals surface area contributed by atoms with Crippen molar-refractivity contribution in [1.82, 2.24) is 4.98 Å². The molecule has 19 heavy (non-hydrogen) atoms. The van der Waals surface area contributed by atoms with Crippen LogP contribution in [-0.2, 0) is 0 Å². The van der Waals surface area contributed by atoms with E-state index in [0.29, 0.717) is 16.4 Å². The van der Waals surface area contributed by atoms with E-state index in [1.54, 1.807) is 19.1 Å². The largest absolute Gasteiger partial charge is 0.322 e. The number of nitrogens with one attached hydrogen (secondary N) is 1. The summed E-state index contributed by atoms with van der Waals surface area (Å²) in [6.45, 7) is 3.73. The van der Waals surface area contributed by atoms with Gasteiger partial charge in [-0.05, 0) is 43.7 Å². The highest BCUT2D eigenvalue weighted by molar-refractivity contribution is 9.10. The number of carbonyl (C=O) groups is 1. The van der Waals surface area contributed by atoms with Crippen LogP contribution in [0.3, 0.4) is 0 Å². The lowest BCUT2D eigenvalue weighted by Crippen LogP contribution is -2.13. The summed E-state index contributed by atoms with van der Waals surface area (Å²) in [7, 11) is 0. The average molecular weight is 340 g/mol. The van der Waals surface area contributed by atoms with Gasteiger partial charge >= 0.3 is 0 Å². The molecule has 0 unspecified atom stereocenters. The summed E-state index contributed by atoms with van der Waals surface area (Å²) in [5.41, 5.74) is 2.96. The predicted molar refractivity (Wildman–Crippen MR) is 80.8 cm³/mol. The summed E-state index contributed by atoms with van der Waals surface area (Å²) < 4.78 is 0.953. The highest BCUT2D eigenvalue weighted by atomic mass is 79.9. The first-order valence-electron chi connectivity index (χ1n) is 5.68. The standard InChI is InChI=1S/C14H12BrClN2O/c1-8-6-10(7-13(16)17-8)14(19)18-12-5-3-4-11(15)9(12)2/h3-7H,1-2H3,(H,18,19). The molecule has 5 heteroatoms. The Morgan fingerprint density at radius 2 is 2.05 bits per heavy atom. The quantitative estimate of drug-likeness (QED) is 0.826. The van der Waals surface area contributed by atoms with E-state index in [1.807, 2.05) is 25.1 Å². The molecule has 0 radical (unpaired) electrons. The molecule has 98 valence electrons. The molecular weight excluding hydrogens is 328 g/mol. The Bertz CT molecular complexity index is 623. The minimum Gasteiger partial charge on any atom is -0.322 e. The Hall–Kier alpha value is -1.39. The third-order valence-electron chi connectivity index (χ3n) is 2.70. The van der Waals surface area contributed by atoms with E-state index in [9.17, 15) is 4.79 Å². The number of halogens is 2. The molecule has 1 N–H and O–H groups in total. The van der Waals surface area contributed by atoms with Crippen molar-refractivity contribution < 1.29 is 4.79 Å². The van der Waals surface area contributed by atoms with Crippen LogP contribution >= 0.6 is 27.5 Å². The first-order chi connectivity index (χ1) is 8.97. The van der Waals surface area contributed by atoms with Crippen LogP contribution in [0.1, 0.15) is 21.6 Å². The fourth-order valence-corrected chi connectivity index (χ4v) is 2.31. The van der Waals surface area contributed by atoms with Gasteiger partial charge in [-0.15, -0.1) is 0 Å². The molecule has 0 atom stereocenters. The van der Waals surface area contributed by atoms with Crippen LogP contribution in [0.15, 0.2) is 34.8 Å². The number of rotatable bonds is 2. The minimum absolute atomic E-state index is 0.200. The summed E-state index contributed by atoms with van der Waals surface area (Å²) >= 11 is 9.29. The summed E-state index contributed by atoms with van der Waals surface area (Å²) in [5, 5.41) is 3.18. The third kappa shape index (κ3) is 3.33. The Labute approximate surface area is 125 Å². The molecule has 0 aliphatic heterocycles. The first kappa shape index (κ1) is 14.0. The van der Waals surface area contributed by atoms with Gasteiger partial charge in [0.2, 0.25) is 0 Å². The van der Waals surface area contributed by atoms with Crippen molar-refractivity contribution in [1.29, 1.82) is 0 Å².